The minimum atomic E-state index is -0.515. The van der Waals surface area contributed by atoms with Crippen LogP contribution in [-0.2, 0) is 4.74 Å². The molecule has 0 bridgehead atoms. The van der Waals surface area contributed by atoms with Crippen molar-refractivity contribution in [1.82, 2.24) is 5.32 Å². The fourth-order valence-electron chi connectivity index (χ4n) is 1.48. The number of amides is 1. The first kappa shape index (κ1) is 17.1. The summed E-state index contributed by atoms with van der Waals surface area (Å²) in [6.45, 7) is 6.33. The van der Waals surface area contributed by atoms with Gasteiger partial charge in [-0.2, -0.15) is 0 Å². The van der Waals surface area contributed by atoms with E-state index in [1.54, 1.807) is 13.0 Å². The van der Waals surface area contributed by atoms with Gasteiger partial charge >= 0.3 is 6.09 Å². The molecule has 0 aliphatic heterocycles. The average Bonchev–Trinajstić information content (AvgIpc) is 2.45. The second kappa shape index (κ2) is 9.05. The van der Waals surface area contributed by atoms with Crippen LogP contribution >= 0.6 is 0 Å². The van der Waals surface area contributed by atoms with Crippen molar-refractivity contribution >= 4 is 6.09 Å². The third kappa shape index (κ3) is 6.33. The lowest BCUT2D eigenvalue weighted by Crippen LogP contribution is -2.28. The Bertz CT molecular complexity index is 453. The topological polar surface area (TPSA) is 56.8 Å². The van der Waals surface area contributed by atoms with Gasteiger partial charge in [-0.1, -0.05) is 6.92 Å². The molecule has 0 saturated heterocycles. The molecule has 1 rings (SSSR count). The monoisotopic (exact) mass is 299 g/mol. The SMILES string of the molecule is CCOC(=O)NCCOc1ccc(OC(C)CC)cc1F. The van der Waals surface area contributed by atoms with Gasteiger partial charge in [-0.25, -0.2) is 9.18 Å². The number of benzene rings is 1. The molecular weight excluding hydrogens is 277 g/mol. The predicted molar refractivity (Wildman–Crippen MR) is 77.3 cm³/mol. The second-order valence-electron chi connectivity index (χ2n) is 4.42. The highest BCUT2D eigenvalue weighted by molar-refractivity contribution is 5.66. The summed E-state index contributed by atoms with van der Waals surface area (Å²) >= 11 is 0. The number of carbonyl (C=O) groups is 1. The van der Waals surface area contributed by atoms with Crippen LogP contribution in [0.3, 0.4) is 0 Å². The van der Waals surface area contributed by atoms with Gasteiger partial charge in [-0.3, -0.25) is 0 Å². The molecule has 1 amide bonds. The average molecular weight is 299 g/mol. The molecule has 0 heterocycles. The van der Waals surface area contributed by atoms with Crippen LogP contribution in [0.15, 0.2) is 18.2 Å². The molecule has 0 aromatic heterocycles. The van der Waals surface area contributed by atoms with Gasteiger partial charge in [0.15, 0.2) is 11.6 Å². The van der Waals surface area contributed by atoms with Crippen molar-refractivity contribution in [3.8, 4) is 11.5 Å². The maximum Gasteiger partial charge on any atom is 0.407 e. The molecule has 0 aliphatic carbocycles. The quantitative estimate of drug-likeness (QED) is 0.749. The minimum Gasteiger partial charge on any atom is -0.491 e. The van der Waals surface area contributed by atoms with E-state index in [0.29, 0.717) is 12.4 Å². The van der Waals surface area contributed by atoms with Crippen molar-refractivity contribution in [3.05, 3.63) is 24.0 Å². The van der Waals surface area contributed by atoms with Crippen LogP contribution < -0.4 is 14.8 Å². The molecule has 118 valence electrons. The summed E-state index contributed by atoms with van der Waals surface area (Å²) in [5.74, 6) is 0.1000. The van der Waals surface area contributed by atoms with Gasteiger partial charge < -0.3 is 19.5 Å². The van der Waals surface area contributed by atoms with Crippen LogP contribution in [0.4, 0.5) is 9.18 Å². The fourth-order valence-corrected chi connectivity index (χ4v) is 1.48. The van der Waals surface area contributed by atoms with Gasteiger partial charge in [0.25, 0.3) is 0 Å². The highest BCUT2D eigenvalue weighted by atomic mass is 19.1. The number of hydrogen-bond acceptors (Lipinski definition) is 4. The lowest BCUT2D eigenvalue weighted by Gasteiger charge is -2.14. The van der Waals surface area contributed by atoms with E-state index in [-0.39, 0.29) is 25.0 Å². The van der Waals surface area contributed by atoms with Gasteiger partial charge in [0.2, 0.25) is 0 Å². The molecule has 5 nitrogen and oxygen atoms in total. The Kier molecular flexibility index (Phi) is 7.36. The molecule has 0 aliphatic rings. The first-order valence-electron chi connectivity index (χ1n) is 7.06. The van der Waals surface area contributed by atoms with Crippen LogP contribution in [0.1, 0.15) is 27.2 Å². The number of alkyl carbamates (subject to hydrolysis) is 1. The van der Waals surface area contributed by atoms with Crippen molar-refractivity contribution in [3.63, 3.8) is 0 Å². The van der Waals surface area contributed by atoms with Crippen LogP contribution in [0.2, 0.25) is 0 Å². The van der Waals surface area contributed by atoms with E-state index >= 15 is 0 Å². The Morgan fingerprint density at radius 3 is 2.76 bits per heavy atom. The summed E-state index contributed by atoms with van der Waals surface area (Å²) in [6.07, 6.45) is 0.364. The maximum absolute atomic E-state index is 13.8. The summed E-state index contributed by atoms with van der Waals surface area (Å²) in [5, 5.41) is 2.49. The molecule has 1 aromatic rings. The molecule has 6 heteroatoms. The molecule has 21 heavy (non-hydrogen) atoms. The Hall–Kier alpha value is -1.98. The summed E-state index contributed by atoms with van der Waals surface area (Å²) in [5.41, 5.74) is 0. The third-order valence-electron chi connectivity index (χ3n) is 2.72. The molecule has 1 unspecified atom stereocenters. The van der Waals surface area contributed by atoms with E-state index < -0.39 is 11.9 Å². The van der Waals surface area contributed by atoms with E-state index in [1.807, 2.05) is 13.8 Å². The smallest absolute Gasteiger partial charge is 0.407 e. The van der Waals surface area contributed by atoms with Crippen molar-refractivity contribution in [2.75, 3.05) is 19.8 Å². The molecule has 0 radical (unpaired) electrons. The highest BCUT2D eigenvalue weighted by Gasteiger charge is 2.08. The number of nitrogens with one attached hydrogen (secondary N) is 1. The van der Waals surface area contributed by atoms with Crippen molar-refractivity contribution in [1.29, 1.82) is 0 Å². The first-order valence-corrected chi connectivity index (χ1v) is 7.06. The van der Waals surface area contributed by atoms with E-state index in [9.17, 15) is 9.18 Å². The molecule has 1 atom stereocenters. The number of ether oxygens (including phenoxy) is 3. The van der Waals surface area contributed by atoms with Crippen molar-refractivity contribution in [2.45, 2.75) is 33.3 Å². The van der Waals surface area contributed by atoms with Crippen molar-refractivity contribution in [2.24, 2.45) is 0 Å². The van der Waals surface area contributed by atoms with Crippen molar-refractivity contribution < 1.29 is 23.4 Å². The second-order valence-corrected chi connectivity index (χ2v) is 4.42. The summed E-state index contributed by atoms with van der Waals surface area (Å²) in [6, 6.07) is 4.46. The van der Waals surface area contributed by atoms with Crippen LogP contribution in [0.5, 0.6) is 11.5 Å². The van der Waals surface area contributed by atoms with Gasteiger partial charge in [-0.15, -0.1) is 0 Å². The van der Waals surface area contributed by atoms with E-state index in [1.165, 1.54) is 12.1 Å². The zero-order chi connectivity index (χ0) is 15.7. The Morgan fingerprint density at radius 1 is 1.38 bits per heavy atom. The number of rotatable bonds is 8. The third-order valence-corrected chi connectivity index (χ3v) is 2.72. The normalized spacial score (nSPS) is 11.6. The maximum atomic E-state index is 13.8. The Labute approximate surface area is 124 Å². The molecule has 0 fully saturated rings. The van der Waals surface area contributed by atoms with Gasteiger partial charge in [0, 0.05) is 6.07 Å². The largest absolute Gasteiger partial charge is 0.491 e. The fraction of sp³-hybridized carbons (Fsp3) is 0.533. The van der Waals surface area contributed by atoms with Gasteiger partial charge in [-0.05, 0) is 32.4 Å². The zero-order valence-corrected chi connectivity index (χ0v) is 12.6. The molecular formula is C15H22FNO4. The highest BCUT2D eigenvalue weighted by Crippen LogP contribution is 2.23. The first-order chi connectivity index (χ1) is 10.1. The predicted octanol–water partition coefficient (Wildman–Crippen LogP) is 3.13. The number of carbonyl (C=O) groups excluding carboxylic acids is 1. The van der Waals surface area contributed by atoms with Crippen LogP contribution in [0, 0.1) is 5.82 Å². The standard InChI is InChI=1S/C15H22FNO4/c1-4-11(3)21-12-6-7-14(13(16)10-12)20-9-8-17-15(18)19-5-2/h6-7,10-11H,4-5,8-9H2,1-3H3,(H,17,18). The van der Waals surface area contributed by atoms with E-state index in [0.717, 1.165) is 6.42 Å². The summed E-state index contributed by atoms with van der Waals surface area (Å²) in [4.78, 5) is 11.0. The summed E-state index contributed by atoms with van der Waals surface area (Å²) < 4.78 is 29.2. The lowest BCUT2D eigenvalue weighted by molar-refractivity contribution is 0.150. The number of halogens is 1. The molecule has 0 spiro atoms. The molecule has 0 saturated carbocycles. The Balaban J connectivity index is 2.40. The van der Waals surface area contributed by atoms with E-state index in [2.05, 4.69) is 10.1 Å². The molecule has 1 aromatic carbocycles. The minimum absolute atomic E-state index is 0.0324. The van der Waals surface area contributed by atoms with Crippen LogP contribution in [0.25, 0.3) is 0 Å². The lowest BCUT2D eigenvalue weighted by atomic mass is 10.3. The van der Waals surface area contributed by atoms with Crippen LogP contribution in [-0.4, -0.2) is 32.0 Å². The van der Waals surface area contributed by atoms with Gasteiger partial charge in [0.1, 0.15) is 12.4 Å². The Morgan fingerprint density at radius 2 is 2.14 bits per heavy atom. The van der Waals surface area contributed by atoms with E-state index in [4.69, 9.17) is 9.47 Å². The zero-order valence-electron chi connectivity index (χ0n) is 12.6. The number of hydrogen-bond donors (Lipinski definition) is 1. The summed E-state index contributed by atoms with van der Waals surface area (Å²) in [7, 11) is 0. The molecule has 1 N–H and O–H groups in total. The van der Waals surface area contributed by atoms with Gasteiger partial charge in [0.05, 0.1) is 19.3 Å².